The van der Waals surface area contributed by atoms with E-state index in [0.29, 0.717) is 0 Å². The maximum absolute atomic E-state index is 11.9. The van der Waals surface area contributed by atoms with Gasteiger partial charge in [0.1, 0.15) is 0 Å². The lowest BCUT2D eigenvalue weighted by Crippen LogP contribution is -2.54. The number of hydrogen-bond acceptors (Lipinski definition) is 6. The molecule has 0 aliphatic carbocycles. The number of esters is 2. The van der Waals surface area contributed by atoms with Gasteiger partial charge in [0.25, 0.3) is 0 Å². The number of hydrazine groups is 1. The number of methoxy groups -OCH3 is 1. The van der Waals surface area contributed by atoms with Crippen LogP contribution in [0.5, 0.6) is 0 Å². The maximum atomic E-state index is 11.9. The molecule has 1 unspecified atom stereocenters. The highest BCUT2D eigenvalue weighted by atomic mass is 16.5. The molecule has 1 atom stereocenters. The van der Waals surface area contributed by atoms with Crippen molar-refractivity contribution in [2.24, 2.45) is 5.92 Å². The van der Waals surface area contributed by atoms with E-state index in [2.05, 4.69) is 10.2 Å². The van der Waals surface area contributed by atoms with E-state index >= 15 is 0 Å². The van der Waals surface area contributed by atoms with Crippen molar-refractivity contribution in [2.75, 3.05) is 20.3 Å². The average Bonchev–Trinajstić information content (AvgIpc) is 2.43. The summed E-state index contributed by atoms with van der Waals surface area (Å²) >= 11 is 0. The Morgan fingerprint density at radius 2 is 2.05 bits per heavy atom. The van der Waals surface area contributed by atoms with E-state index in [0.717, 1.165) is 5.01 Å². The van der Waals surface area contributed by atoms with Crippen LogP contribution in [-0.4, -0.2) is 49.0 Å². The van der Waals surface area contributed by atoms with Gasteiger partial charge in [-0.15, -0.1) is 0 Å². The second-order valence-electron chi connectivity index (χ2n) is 4.27. The maximum Gasteiger partial charge on any atom is 0.311 e. The standard InChI is InChI=1S/C12H18N2O6/c1-3-20-11(17)5-4-10(16)14-7-8(12(18)19-2)6-9(15)13-14/h8H,3-7H2,1-2H3,(H,13,15). The van der Waals surface area contributed by atoms with Gasteiger partial charge < -0.3 is 9.47 Å². The summed E-state index contributed by atoms with van der Waals surface area (Å²) in [6.45, 7) is 1.96. The van der Waals surface area contributed by atoms with Crippen molar-refractivity contribution in [3.05, 3.63) is 0 Å². The number of nitrogens with one attached hydrogen (secondary N) is 1. The lowest BCUT2D eigenvalue weighted by molar-refractivity contribution is -0.157. The molecule has 1 heterocycles. The third kappa shape index (κ3) is 4.52. The Balaban J connectivity index is 2.52. The zero-order valence-corrected chi connectivity index (χ0v) is 11.5. The van der Waals surface area contributed by atoms with Crippen LogP contribution >= 0.6 is 0 Å². The number of ether oxygens (including phenoxy) is 2. The molecule has 1 saturated heterocycles. The van der Waals surface area contributed by atoms with Crippen molar-refractivity contribution in [3.8, 4) is 0 Å². The summed E-state index contributed by atoms with van der Waals surface area (Å²) in [5.74, 6) is -2.58. The van der Waals surface area contributed by atoms with Crippen LogP contribution < -0.4 is 5.43 Å². The highest BCUT2D eigenvalue weighted by Gasteiger charge is 2.33. The first-order chi connectivity index (χ1) is 9.47. The van der Waals surface area contributed by atoms with Gasteiger partial charge in [0.05, 0.1) is 32.6 Å². The molecular formula is C12H18N2O6. The number of hydrogen-bond donors (Lipinski definition) is 1. The molecule has 0 spiro atoms. The Kier molecular flexibility index (Phi) is 5.95. The number of carbonyl (C=O) groups is 4. The number of carbonyl (C=O) groups excluding carboxylic acids is 4. The van der Waals surface area contributed by atoms with Crippen LogP contribution in [0.15, 0.2) is 0 Å². The van der Waals surface area contributed by atoms with E-state index in [1.807, 2.05) is 0 Å². The Morgan fingerprint density at radius 3 is 2.65 bits per heavy atom. The summed E-state index contributed by atoms with van der Waals surface area (Å²) in [4.78, 5) is 45.9. The van der Waals surface area contributed by atoms with Crippen LogP contribution in [0.4, 0.5) is 0 Å². The summed E-state index contributed by atoms with van der Waals surface area (Å²) in [7, 11) is 1.22. The zero-order chi connectivity index (χ0) is 15.1. The first-order valence-electron chi connectivity index (χ1n) is 6.31. The second-order valence-corrected chi connectivity index (χ2v) is 4.27. The van der Waals surface area contributed by atoms with Gasteiger partial charge >= 0.3 is 11.9 Å². The van der Waals surface area contributed by atoms with Crippen molar-refractivity contribution in [1.29, 1.82) is 0 Å². The molecule has 8 heteroatoms. The summed E-state index contributed by atoms with van der Waals surface area (Å²) in [6, 6.07) is 0. The molecule has 1 rings (SSSR count). The van der Waals surface area contributed by atoms with E-state index in [9.17, 15) is 19.2 Å². The van der Waals surface area contributed by atoms with E-state index in [4.69, 9.17) is 4.74 Å². The van der Waals surface area contributed by atoms with Gasteiger partial charge in [0, 0.05) is 12.8 Å². The Hall–Kier alpha value is -2.12. The average molecular weight is 286 g/mol. The predicted molar refractivity (Wildman–Crippen MR) is 65.8 cm³/mol. The van der Waals surface area contributed by atoms with Crippen LogP contribution in [0.1, 0.15) is 26.2 Å². The van der Waals surface area contributed by atoms with Crippen LogP contribution in [0.2, 0.25) is 0 Å². The van der Waals surface area contributed by atoms with Gasteiger partial charge in [-0.05, 0) is 6.92 Å². The largest absolute Gasteiger partial charge is 0.469 e. The van der Waals surface area contributed by atoms with E-state index in [1.165, 1.54) is 7.11 Å². The molecular weight excluding hydrogens is 268 g/mol. The van der Waals surface area contributed by atoms with Gasteiger partial charge in [0.15, 0.2) is 0 Å². The van der Waals surface area contributed by atoms with Crippen molar-refractivity contribution in [3.63, 3.8) is 0 Å². The lowest BCUT2D eigenvalue weighted by Gasteiger charge is -2.31. The molecule has 0 aromatic heterocycles. The molecule has 112 valence electrons. The first kappa shape index (κ1) is 15.9. The molecule has 20 heavy (non-hydrogen) atoms. The van der Waals surface area contributed by atoms with Gasteiger partial charge in [-0.1, -0.05) is 0 Å². The van der Waals surface area contributed by atoms with Crippen molar-refractivity contribution >= 4 is 23.8 Å². The predicted octanol–water partition coefficient (Wildman–Crippen LogP) is -0.618. The quantitative estimate of drug-likeness (QED) is 0.676. The monoisotopic (exact) mass is 286 g/mol. The normalized spacial score (nSPS) is 18.2. The minimum Gasteiger partial charge on any atom is -0.469 e. The molecule has 0 bridgehead atoms. The Morgan fingerprint density at radius 1 is 1.35 bits per heavy atom. The summed E-state index contributed by atoms with van der Waals surface area (Å²) in [6.07, 6.45) is -0.177. The van der Waals surface area contributed by atoms with E-state index in [1.54, 1.807) is 6.92 Å². The second kappa shape index (κ2) is 7.46. The number of amides is 2. The molecule has 2 amide bonds. The minimum atomic E-state index is -0.680. The summed E-state index contributed by atoms with van der Waals surface area (Å²) in [5.41, 5.74) is 2.37. The van der Waals surface area contributed by atoms with Crippen LogP contribution in [-0.2, 0) is 28.7 Å². The molecule has 0 saturated carbocycles. The third-order valence-electron chi connectivity index (χ3n) is 2.78. The molecule has 1 aliphatic heterocycles. The fraction of sp³-hybridized carbons (Fsp3) is 0.667. The van der Waals surface area contributed by atoms with Crippen LogP contribution in [0.3, 0.4) is 0 Å². The molecule has 0 radical (unpaired) electrons. The molecule has 1 N–H and O–H groups in total. The van der Waals surface area contributed by atoms with Crippen LogP contribution in [0.25, 0.3) is 0 Å². The fourth-order valence-corrected chi connectivity index (χ4v) is 1.82. The smallest absolute Gasteiger partial charge is 0.311 e. The van der Waals surface area contributed by atoms with Gasteiger partial charge in [0.2, 0.25) is 11.8 Å². The minimum absolute atomic E-state index is 0.0195. The fourth-order valence-electron chi connectivity index (χ4n) is 1.82. The van der Waals surface area contributed by atoms with E-state index in [-0.39, 0.29) is 32.4 Å². The van der Waals surface area contributed by atoms with Crippen molar-refractivity contribution in [1.82, 2.24) is 10.4 Å². The Labute approximate surface area is 116 Å². The SMILES string of the molecule is CCOC(=O)CCC(=O)N1CC(C(=O)OC)CC(=O)N1. The molecule has 0 aromatic carbocycles. The molecule has 0 aromatic rings. The molecule has 1 aliphatic rings. The van der Waals surface area contributed by atoms with Crippen molar-refractivity contribution < 1.29 is 28.7 Å². The lowest BCUT2D eigenvalue weighted by atomic mass is 10.0. The van der Waals surface area contributed by atoms with Crippen LogP contribution in [0, 0.1) is 5.92 Å². The topological polar surface area (TPSA) is 102 Å². The molecule has 8 nitrogen and oxygen atoms in total. The van der Waals surface area contributed by atoms with Gasteiger partial charge in [-0.2, -0.15) is 0 Å². The van der Waals surface area contributed by atoms with Gasteiger partial charge in [-0.25, -0.2) is 0 Å². The summed E-state index contributed by atoms with van der Waals surface area (Å²) in [5, 5.41) is 1.05. The highest BCUT2D eigenvalue weighted by Crippen LogP contribution is 2.13. The molecule has 1 fully saturated rings. The van der Waals surface area contributed by atoms with Gasteiger partial charge in [-0.3, -0.25) is 29.6 Å². The Bertz CT molecular complexity index is 409. The first-order valence-corrected chi connectivity index (χ1v) is 6.31. The number of rotatable bonds is 5. The zero-order valence-electron chi connectivity index (χ0n) is 11.5. The highest BCUT2D eigenvalue weighted by molar-refractivity contribution is 5.88. The third-order valence-corrected chi connectivity index (χ3v) is 2.78. The van der Waals surface area contributed by atoms with Crippen molar-refractivity contribution in [2.45, 2.75) is 26.2 Å². The summed E-state index contributed by atoms with van der Waals surface area (Å²) < 4.78 is 9.27. The number of nitrogens with zero attached hydrogens (tertiary/aromatic N) is 1. The van der Waals surface area contributed by atoms with E-state index < -0.39 is 29.7 Å².